The Balaban J connectivity index is 2.03. The molecule has 1 unspecified atom stereocenters. The van der Waals surface area contributed by atoms with Gasteiger partial charge in [-0.2, -0.15) is 0 Å². The van der Waals surface area contributed by atoms with Gasteiger partial charge in [-0.3, -0.25) is 9.59 Å². The van der Waals surface area contributed by atoms with Crippen molar-refractivity contribution in [2.75, 3.05) is 6.54 Å². The molecule has 0 aliphatic rings. The van der Waals surface area contributed by atoms with Gasteiger partial charge in [-0.1, -0.05) is 48.5 Å². The van der Waals surface area contributed by atoms with Crippen molar-refractivity contribution in [3.05, 3.63) is 71.8 Å². The number of benzene rings is 2. The first-order chi connectivity index (χ1) is 10.6. The van der Waals surface area contributed by atoms with Crippen LogP contribution in [0.15, 0.2) is 60.7 Å². The Morgan fingerprint density at radius 3 is 2.14 bits per heavy atom. The van der Waals surface area contributed by atoms with Gasteiger partial charge in [0, 0.05) is 19.0 Å². The van der Waals surface area contributed by atoms with E-state index >= 15 is 0 Å². The van der Waals surface area contributed by atoms with Crippen LogP contribution >= 0.6 is 0 Å². The van der Waals surface area contributed by atoms with Gasteiger partial charge in [0.05, 0.1) is 6.04 Å². The van der Waals surface area contributed by atoms with Crippen LogP contribution < -0.4 is 10.6 Å². The van der Waals surface area contributed by atoms with Crippen LogP contribution in [0.1, 0.15) is 22.8 Å². The van der Waals surface area contributed by atoms with Crippen molar-refractivity contribution < 1.29 is 9.59 Å². The predicted molar refractivity (Wildman–Crippen MR) is 86.5 cm³/mol. The number of carbonyl (C=O) groups excluding carboxylic acids is 2. The van der Waals surface area contributed by atoms with Crippen LogP contribution in [0.25, 0.3) is 0 Å². The van der Waals surface area contributed by atoms with Crippen molar-refractivity contribution in [1.82, 2.24) is 10.6 Å². The normalized spacial score (nSPS) is 11.5. The van der Waals surface area contributed by atoms with E-state index in [-0.39, 0.29) is 17.9 Å². The molecular formula is C18H20N2O2. The minimum atomic E-state index is -0.154. The topological polar surface area (TPSA) is 58.2 Å². The van der Waals surface area contributed by atoms with E-state index in [2.05, 4.69) is 10.6 Å². The van der Waals surface area contributed by atoms with Crippen molar-refractivity contribution in [3.8, 4) is 0 Å². The Kier molecular flexibility index (Phi) is 5.72. The van der Waals surface area contributed by atoms with E-state index in [1.807, 2.05) is 48.5 Å². The van der Waals surface area contributed by atoms with Crippen LogP contribution in [0, 0.1) is 0 Å². The third kappa shape index (κ3) is 5.05. The Bertz CT molecular complexity index is 611. The summed E-state index contributed by atoms with van der Waals surface area (Å²) in [5, 5.41) is 5.75. The molecule has 4 nitrogen and oxygen atoms in total. The molecule has 4 heteroatoms. The Morgan fingerprint density at radius 2 is 1.55 bits per heavy atom. The van der Waals surface area contributed by atoms with Crippen LogP contribution in [-0.4, -0.2) is 24.4 Å². The lowest BCUT2D eigenvalue weighted by Gasteiger charge is -2.19. The van der Waals surface area contributed by atoms with Gasteiger partial charge in [-0.15, -0.1) is 0 Å². The highest BCUT2D eigenvalue weighted by Gasteiger charge is 2.14. The number of nitrogens with one attached hydrogen (secondary N) is 2. The van der Waals surface area contributed by atoms with E-state index in [4.69, 9.17) is 0 Å². The maximum Gasteiger partial charge on any atom is 0.251 e. The molecular weight excluding hydrogens is 276 g/mol. The molecule has 0 spiro atoms. The molecule has 2 N–H and O–H groups in total. The highest BCUT2D eigenvalue weighted by atomic mass is 16.2. The third-order valence-corrected chi connectivity index (χ3v) is 3.29. The van der Waals surface area contributed by atoms with E-state index in [9.17, 15) is 9.59 Å². The number of hydrogen-bond donors (Lipinski definition) is 2. The summed E-state index contributed by atoms with van der Waals surface area (Å²) in [6.07, 6.45) is 0.666. The van der Waals surface area contributed by atoms with Crippen molar-refractivity contribution in [3.63, 3.8) is 0 Å². The molecule has 0 aliphatic heterocycles. The smallest absolute Gasteiger partial charge is 0.251 e. The van der Waals surface area contributed by atoms with E-state index < -0.39 is 0 Å². The number of amides is 2. The number of hydrogen-bond acceptors (Lipinski definition) is 2. The zero-order valence-electron chi connectivity index (χ0n) is 12.6. The largest absolute Gasteiger partial charge is 0.354 e. The molecule has 0 saturated carbocycles. The second-order valence-electron chi connectivity index (χ2n) is 5.16. The summed E-state index contributed by atoms with van der Waals surface area (Å²) < 4.78 is 0. The molecule has 0 heterocycles. The zero-order valence-corrected chi connectivity index (χ0v) is 12.6. The summed E-state index contributed by atoms with van der Waals surface area (Å²) in [4.78, 5) is 23.4. The summed E-state index contributed by atoms with van der Waals surface area (Å²) in [5.74, 6) is -0.237. The molecule has 0 radical (unpaired) electrons. The molecule has 0 bridgehead atoms. The van der Waals surface area contributed by atoms with Gasteiger partial charge >= 0.3 is 0 Å². The highest BCUT2D eigenvalue weighted by molar-refractivity contribution is 5.94. The standard InChI is InChI=1S/C18H20N2O2/c1-14(21)19-13-17(12-15-8-4-2-5-9-15)20-18(22)16-10-6-3-7-11-16/h2-11,17H,12-13H2,1H3,(H,19,21)(H,20,22). The molecule has 1 atom stereocenters. The van der Waals surface area contributed by atoms with E-state index in [1.165, 1.54) is 6.92 Å². The maximum atomic E-state index is 12.3. The first-order valence-corrected chi connectivity index (χ1v) is 7.29. The van der Waals surface area contributed by atoms with Gasteiger partial charge in [0.2, 0.25) is 5.91 Å². The number of rotatable bonds is 6. The molecule has 22 heavy (non-hydrogen) atoms. The third-order valence-electron chi connectivity index (χ3n) is 3.29. The van der Waals surface area contributed by atoms with Crippen molar-refractivity contribution in [1.29, 1.82) is 0 Å². The van der Waals surface area contributed by atoms with Crippen LogP contribution in [0.4, 0.5) is 0 Å². The Labute approximate surface area is 130 Å². The van der Waals surface area contributed by atoms with Crippen molar-refractivity contribution >= 4 is 11.8 Å². The van der Waals surface area contributed by atoms with Crippen LogP contribution in [-0.2, 0) is 11.2 Å². The quantitative estimate of drug-likeness (QED) is 0.858. The molecule has 2 amide bonds. The molecule has 0 aliphatic carbocycles. The summed E-state index contributed by atoms with van der Waals surface area (Å²) in [6, 6.07) is 18.8. The second kappa shape index (κ2) is 7.98. The molecule has 114 valence electrons. The second-order valence-corrected chi connectivity index (χ2v) is 5.16. The van der Waals surface area contributed by atoms with Crippen LogP contribution in [0.5, 0.6) is 0 Å². The fraction of sp³-hybridized carbons (Fsp3) is 0.222. The molecule has 0 aromatic heterocycles. The lowest BCUT2D eigenvalue weighted by Crippen LogP contribution is -2.44. The van der Waals surface area contributed by atoms with Gasteiger partial charge in [-0.05, 0) is 24.1 Å². The summed E-state index contributed by atoms with van der Waals surface area (Å²) >= 11 is 0. The molecule has 2 rings (SSSR count). The Morgan fingerprint density at radius 1 is 0.955 bits per heavy atom. The molecule has 2 aromatic carbocycles. The molecule has 0 fully saturated rings. The summed E-state index contributed by atoms with van der Waals surface area (Å²) in [5.41, 5.74) is 1.73. The fourth-order valence-corrected chi connectivity index (χ4v) is 2.20. The van der Waals surface area contributed by atoms with Crippen molar-refractivity contribution in [2.24, 2.45) is 0 Å². The zero-order chi connectivity index (χ0) is 15.8. The molecule has 0 saturated heterocycles. The van der Waals surface area contributed by atoms with Crippen molar-refractivity contribution in [2.45, 2.75) is 19.4 Å². The van der Waals surface area contributed by atoms with Crippen LogP contribution in [0.3, 0.4) is 0 Å². The Hall–Kier alpha value is -2.62. The fourth-order valence-electron chi connectivity index (χ4n) is 2.20. The lowest BCUT2D eigenvalue weighted by molar-refractivity contribution is -0.119. The SMILES string of the molecule is CC(=O)NCC(Cc1ccccc1)NC(=O)c1ccccc1. The number of carbonyl (C=O) groups is 2. The van der Waals surface area contributed by atoms with Gasteiger partial charge in [-0.25, -0.2) is 0 Å². The van der Waals surface area contributed by atoms with E-state index in [1.54, 1.807) is 12.1 Å². The minimum Gasteiger partial charge on any atom is -0.354 e. The van der Waals surface area contributed by atoms with Gasteiger partial charge in [0.15, 0.2) is 0 Å². The summed E-state index contributed by atoms with van der Waals surface area (Å²) in [6.45, 7) is 1.88. The monoisotopic (exact) mass is 296 g/mol. The maximum absolute atomic E-state index is 12.3. The highest BCUT2D eigenvalue weighted by Crippen LogP contribution is 2.05. The average molecular weight is 296 g/mol. The first kappa shape index (κ1) is 15.8. The first-order valence-electron chi connectivity index (χ1n) is 7.29. The van der Waals surface area contributed by atoms with E-state index in [0.717, 1.165) is 5.56 Å². The minimum absolute atomic E-state index is 0.105. The molecule has 2 aromatic rings. The lowest BCUT2D eigenvalue weighted by atomic mass is 10.1. The summed E-state index contributed by atoms with van der Waals surface area (Å²) in [7, 11) is 0. The average Bonchev–Trinajstić information content (AvgIpc) is 2.54. The van der Waals surface area contributed by atoms with E-state index in [0.29, 0.717) is 18.5 Å². The predicted octanol–water partition coefficient (Wildman–Crippen LogP) is 2.16. The van der Waals surface area contributed by atoms with Gasteiger partial charge < -0.3 is 10.6 Å². The van der Waals surface area contributed by atoms with Gasteiger partial charge in [0.1, 0.15) is 0 Å². The van der Waals surface area contributed by atoms with Gasteiger partial charge in [0.25, 0.3) is 5.91 Å². The van der Waals surface area contributed by atoms with Crippen LogP contribution in [0.2, 0.25) is 0 Å².